The number of hydrogen-bond acceptors (Lipinski definition) is 6. The van der Waals surface area contributed by atoms with Crippen molar-refractivity contribution in [1.29, 1.82) is 0 Å². The molecule has 1 fully saturated rings. The number of carbonyl (C=O) groups is 1. The van der Waals surface area contributed by atoms with Crippen LogP contribution in [0.5, 0.6) is 0 Å². The summed E-state index contributed by atoms with van der Waals surface area (Å²) in [6.07, 6.45) is 1.73. The van der Waals surface area contributed by atoms with Gasteiger partial charge in [-0.3, -0.25) is 4.79 Å². The Morgan fingerprint density at radius 3 is 2.59 bits per heavy atom. The second kappa shape index (κ2) is 7.23. The Kier molecular flexibility index (Phi) is 4.87. The summed E-state index contributed by atoms with van der Waals surface area (Å²) in [5.41, 5.74) is 2.94. The SMILES string of the molecule is Cc1cc(C(=O)Nc2ccc(C)c(S(=O)(=O)N3CCCC3)c2)c2c(C)noc2n1. The molecule has 1 N–H and O–H groups in total. The molecule has 1 saturated heterocycles. The van der Waals surface area contributed by atoms with Gasteiger partial charge in [0.05, 0.1) is 21.5 Å². The molecule has 152 valence electrons. The van der Waals surface area contributed by atoms with Gasteiger partial charge in [0.1, 0.15) is 0 Å². The van der Waals surface area contributed by atoms with Crippen LogP contribution in [0.4, 0.5) is 5.69 Å². The summed E-state index contributed by atoms with van der Waals surface area (Å²) in [4.78, 5) is 17.4. The van der Waals surface area contributed by atoms with Gasteiger partial charge in [0.15, 0.2) is 0 Å². The lowest BCUT2D eigenvalue weighted by atomic mass is 10.1. The first-order valence-electron chi connectivity index (χ1n) is 9.43. The van der Waals surface area contributed by atoms with E-state index in [4.69, 9.17) is 4.52 Å². The molecule has 9 heteroatoms. The van der Waals surface area contributed by atoms with Gasteiger partial charge in [0.2, 0.25) is 10.0 Å². The second-order valence-electron chi connectivity index (χ2n) is 7.30. The molecule has 2 aromatic heterocycles. The lowest BCUT2D eigenvalue weighted by molar-refractivity contribution is 0.102. The zero-order valence-electron chi connectivity index (χ0n) is 16.5. The molecule has 3 heterocycles. The number of nitrogens with zero attached hydrogens (tertiary/aromatic N) is 3. The minimum absolute atomic E-state index is 0.217. The molecule has 0 spiro atoms. The number of anilines is 1. The topological polar surface area (TPSA) is 105 Å². The number of rotatable bonds is 4. The van der Waals surface area contributed by atoms with Crippen molar-refractivity contribution in [1.82, 2.24) is 14.4 Å². The number of aryl methyl sites for hydroxylation is 3. The van der Waals surface area contributed by atoms with Gasteiger partial charge in [-0.1, -0.05) is 11.2 Å². The van der Waals surface area contributed by atoms with E-state index in [0.717, 1.165) is 12.8 Å². The lowest BCUT2D eigenvalue weighted by Crippen LogP contribution is -2.28. The fraction of sp³-hybridized carbons (Fsp3) is 0.350. The molecule has 1 aliphatic rings. The van der Waals surface area contributed by atoms with Gasteiger partial charge in [0.25, 0.3) is 11.6 Å². The first-order chi connectivity index (χ1) is 13.8. The molecule has 0 bridgehead atoms. The number of pyridine rings is 1. The maximum absolute atomic E-state index is 13.0. The fourth-order valence-corrected chi connectivity index (χ4v) is 5.39. The van der Waals surface area contributed by atoms with Crippen LogP contribution in [-0.2, 0) is 10.0 Å². The Morgan fingerprint density at radius 2 is 1.86 bits per heavy atom. The van der Waals surface area contributed by atoms with Gasteiger partial charge in [-0.2, -0.15) is 4.31 Å². The van der Waals surface area contributed by atoms with Gasteiger partial charge in [-0.15, -0.1) is 0 Å². The number of amides is 1. The summed E-state index contributed by atoms with van der Waals surface area (Å²) >= 11 is 0. The number of sulfonamides is 1. The van der Waals surface area contributed by atoms with E-state index in [1.54, 1.807) is 39.0 Å². The maximum Gasteiger partial charge on any atom is 0.258 e. The Balaban J connectivity index is 1.69. The molecule has 0 saturated carbocycles. The monoisotopic (exact) mass is 414 g/mol. The van der Waals surface area contributed by atoms with Crippen LogP contribution in [-0.4, -0.2) is 41.9 Å². The minimum atomic E-state index is -3.58. The van der Waals surface area contributed by atoms with E-state index in [0.29, 0.717) is 52.4 Å². The predicted octanol–water partition coefficient (Wildman–Crippen LogP) is 3.18. The van der Waals surface area contributed by atoms with E-state index in [-0.39, 0.29) is 10.8 Å². The first-order valence-corrected chi connectivity index (χ1v) is 10.9. The van der Waals surface area contributed by atoms with Gasteiger partial charge in [-0.05, 0) is 57.4 Å². The summed E-state index contributed by atoms with van der Waals surface area (Å²) < 4.78 is 32.6. The highest BCUT2D eigenvalue weighted by atomic mass is 32.2. The molecule has 8 nitrogen and oxygen atoms in total. The smallest absolute Gasteiger partial charge is 0.258 e. The van der Waals surface area contributed by atoms with Gasteiger partial charge < -0.3 is 9.84 Å². The van der Waals surface area contributed by atoms with Gasteiger partial charge in [-0.25, -0.2) is 13.4 Å². The molecule has 1 aliphatic heterocycles. The quantitative estimate of drug-likeness (QED) is 0.703. The third-order valence-corrected chi connectivity index (χ3v) is 7.16. The second-order valence-corrected chi connectivity index (χ2v) is 9.21. The van der Waals surface area contributed by atoms with E-state index in [1.165, 1.54) is 10.4 Å². The van der Waals surface area contributed by atoms with Crippen molar-refractivity contribution < 1.29 is 17.7 Å². The van der Waals surface area contributed by atoms with Crippen molar-refractivity contribution in [3.63, 3.8) is 0 Å². The molecule has 0 unspecified atom stereocenters. The van der Waals surface area contributed by atoms with E-state index >= 15 is 0 Å². The Morgan fingerprint density at radius 1 is 1.14 bits per heavy atom. The van der Waals surface area contributed by atoms with E-state index < -0.39 is 10.0 Å². The van der Waals surface area contributed by atoms with Crippen LogP contribution in [0.2, 0.25) is 0 Å². The van der Waals surface area contributed by atoms with Crippen LogP contribution in [0.25, 0.3) is 11.1 Å². The highest BCUT2D eigenvalue weighted by molar-refractivity contribution is 7.89. The number of hydrogen-bond donors (Lipinski definition) is 1. The van der Waals surface area contributed by atoms with Crippen molar-refractivity contribution in [2.24, 2.45) is 0 Å². The highest BCUT2D eigenvalue weighted by Crippen LogP contribution is 2.27. The van der Waals surface area contributed by atoms with Crippen molar-refractivity contribution >= 4 is 32.7 Å². The highest BCUT2D eigenvalue weighted by Gasteiger charge is 2.29. The van der Waals surface area contributed by atoms with E-state index in [2.05, 4.69) is 15.5 Å². The zero-order valence-corrected chi connectivity index (χ0v) is 17.3. The lowest BCUT2D eigenvalue weighted by Gasteiger charge is -2.18. The first kappa shape index (κ1) is 19.5. The zero-order chi connectivity index (χ0) is 20.8. The molecule has 1 aromatic carbocycles. The average molecular weight is 414 g/mol. The summed E-state index contributed by atoms with van der Waals surface area (Å²) in [5.74, 6) is -0.375. The van der Waals surface area contributed by atoms with Crippen molar-refractivity contribution in [2.45, 2.75) is 38.5 Å². The molecule has 4 rings (SSSR count). The van der Waals surface area contributed by atoms with E-state index in [9.17, 15) is 13.2 Å². The third kappa shape index (κ3) is 3.51. The largest absolute Gasteiger partial charge is 0.336 e. The van der Waals surface area contributed by atoms with E-state index in [1.807, 2.05) is 0 Å². The molecule has 0 atom stereocenters. The summed E-state index contributed by atoms with van der Waals surface area (Å²) in [6, 6.07) is 6.59. The average Bonchev–Trinajstić information content (AvgIpc) is 3.33. The van der Waals surface area contributed by atoms with Gasteiger partial charge >= 0.3 is 0 Å². The molecule has 1 amide bonds. The fourth-order valence-electron chi connectivity index (χ4n) is 3.62. The maximum atomic E-state index is 13.0. The van der Waals surface area contributed by atoms with Crippen LogP contribution in [0.1, 0.15) is 40.2 Å². The summed E-state index contributed by atoms with van der Waals surface area (Å²) in [6.45, 7) is 6.32. The van der Waals surface area contributed by atoms with Crippen LogP contribution in [0.3, 0.4) is 0 Å². The number of aromatic nitrogens is 2. The molecule has 0 aliphatic carbocycles. The van der Waals surface area contributed by atoms with Crippen LogP contribution in [0, 0.1) is 20.8 Å². The Hall–Kier alpha value is -2.78. The molecule has 3 aromatic rings. The van der Waals surface area contributed by atoms with Crippen LogP contribution >= 0.6 is 0 Å². The minimum Gasteiger partial charge on any atom is -0.336 e. The Labute approximate surface area is 169 Å². The van der Waals surface area contributed by atoms with Gasteiger partial charge in [0, 0.05) is 24.5 Å². The molecular weight excluding hydrogens is 392 g/mol. The van der Waals surface area contributed by atoms with Crippen LogP contribution in [0.15, 0.2) is 33.7 Å². The molecule has 0 radical (unpaired) electrons. The Bertz CT molecular complexity index is 1210. The van der Waals surface area contributed by atoms with Crippen molar-refractivity contribution in [3.8, 4) is 0 Å². The number of benzene rings is 1. The standard InChI is InChI=1S/C20H22N4O4S/c1-12-6-7-15(11-17(12)29(26,27)24-8-4-5-9-24)22-19(25)16-10-13(2)21-20-18(16)14(3)23-28-20/h6-7,10-11H,4-5,8-9H2,1-3H3,(H,22,25). The molecule has 29 heavy (non-hydrogen) atoms. The predicted molar refractivity (Wildman–Crippen MR) is 108 cm³/mol. The number of fused-ring (bicyclic) bond motifs is 1. The van der Waals surface area contributed by atoms with Crippen LogP contribution < -0.4 is 5.32 Å². The molecular formula is C20H22N4O4S. The van der Waals surface area contributed by atoms with Crippen molar-refractivity contribution in [2.75, 3.05) is 18.4 Å². The summed E-state index contributed by atoms with van der Waals surface area (Å²) in [7, 11) is -3.58. The third-order valence-electron chi connectivity index (χ3n) is 5.12. The number of nitrogens with one attached hydrogen (secondary N) is 1. The summed E-state index contributed by atoms with van der Waals surface area (Å²) in [5, 5.41) is 7.24. The normalized spacial score (nSPS) is 15.1. The van der Waals surface area contributed by atoms with Crippen molar-refractivity contribution in [3.05, 3.63) is 46.8 Å². The number of carbonyl (C=O) groups excluding carboxylic acids is 1.